The molecule has 10 heteroatoms. The van der Waals surface area contributed by atoms with Crippen LogP contribution in [0.15, 0.2) is 60.8 Å². The quantitative estimate of drug-likeness (QED) is 0.348. The number of hydrogen-bond acceptors (Lipinski definition) is 8. The fraction of sp³-hybridized carbons (Fsp3) is 0.174. The van der Waals surface area contributed by atoms with E-state index in [-0.39, 0.29) is 0 Å². The van der Waals surface area contributed by atoms with E-state index in [4.69, 9.17) is 9.72 Å². The molecule has 3 aromatic heterocycles. The first-order chi connectivity index (χ1) is 15.8. The monoisotopic (exact) mass is 481 g/mol. The van der Waals surface area contributed by atoms with E-state index in [0.29, 0.717) is 33.7 Å². The third-order valence-electron chi connectivity index (χ3n) is 4.45. The van der Waals surface area contributed by atoms with Gasteiger partial charge in [0.2, 0.25) is 15.1 Å². The molecular weight excluding hydrogens is 458 g/mol. The van der Waals surface area contributed by atoms with Crippen molar-refractivity contribution in [3.63, 3.8) is 0 Å². The van der Waals surface area contributed by atoms with Gasteiger partial charge in [-0.2, -0.15) is 0 Å². The number of aromatic nitrogens is 3. The first-order valence-corrected chi connectivity index (χ1v) is 12.9. The van der Waals surface area contributed by atoms with Crippen LogP contribution in [0.5, 0.6) is 10.8 Å². The second kappa shape index (κ2) is 9.55. The predicted octanol–water partition coefficient (Wildman–Crippen LogP) is 5.38. The lowest BCUT2D eigenvalue weighted by Gasteiger charge is -2.10. The Balaban J connectivity index is 1.57. The number of aryl methyl sites for hydroxylation is 2. The van der Waals surface area contributed by atoms with Crippen LogP contribution in [0.25, 0.3) is 11.4 Å². The Morgan fingerprint density at radius 3 is 2.58 bits per heavy atom. The Kier molecular flexibility index (Phi) is 6.57. The standard InChI is InChI=1S/C23H23N5O3S2/c1-4-21-27-22(19-10-5-7-15(2)25-19)23(32-21)31-18-11-12-24-20(14-18)26-16-8-6-9-17(13-16)28-33(3,29)30/h5-14,28H,4H2,1-3H3,(H,24,26). The third-order valence-corrected chi connectivity index (χ3v) is 6.14. The number of pyridine rings is 2. The van der Waals surface area contributed by atoms with Crippen LogP contribution in [0.4, 0.5) is 17.2 Å². The topological polar surface area (TPSA) is 106 Å². The van der Waals surface area contributed by atoms with Crippen LogP contribution in [-0.4, -0.2) is 29.6 Å². The number of ether oxygens (including phenoxy) is 1. The number of nitrogens with zero attached hydrogens (tertiary/aromatic N) is 3. The van der Waals surface area contributed by atoms with Gasteiger partial charge in [0.25, 0.3) is 0 Å². The second-order valence-electron chi connectivity index (χ2n) is 7.32. The van der Waals surface area contributed by atoms with Crippen molar-refractivity contribution >= 4 is 38.6 Å². The Hall–Kier alpha value is -3.50. The zero-order valence-corrected chi connectivity index (χ0v) is 20.0. The van der Waals surface area contributed by atoms with Gasteiger partial charge in [-0.25, -0.2) is 18.4 Å². The van der Waals surface area contributed by atoms with E-state index in [9.17, 15) is 8.42 Å². The number of thiazole rings is 1. The molecule has 4 aromatic rings. The molecule has 0 unspecified atom stereocenters. The maximum atomic E-state index is 11.5. The Bertz CT molecular complexity index is 1390. The summed E-state index contributed by atoms with van der Waals surface area (Å²) in [5, 5.41) is 4.81. The highest BCUT2D eigenvalue weighted by atomic mass is 32.2. The maximum Gasteiger partial charge on any atom is 0.229 e. The minimum atomic E-state index is -3.36. The van der Waals surface area contributed by atoms with Crippen molar-refractivity contribution in [2.45, 2.75) is 20.3 Å². The summed E-state index contributed by atoms with van der Waals surface area (Å²) in [5.41, 5.74) is 3.54. The summed E-state index contributed by atoms with van der Waals surface area (Å²) in [6, 6.07) is 16.3. The molecule has 8 nitrogen and oxygen atoms in total. The molecule has 0 aliphatic carbocycles. The molecule has 2 N–H and O–H groups in total. The first kappa shape index (κ1) is 22.7. The van der Waals surface area contributed by atoms with Gasteiger partial charge >= 0.3 is 0 Å². The van der Waals surface area contributed by atoms with E-state index in [0.717, 1.165) is 29.1 Å². The molecule has 0 aliphatic rings. The molecule has 1 aromatic carbocycles. The van der Waals surface area contributed by atoms with Crippen LogP contribution < -0.4 is 14.8 Å². The van der Waals surface area contributed by atoms with Crippen molar-refractivity contribution in [1.82, 2.24) is 15.0 Å². The molecule has 33 heavy (non-hydrogen) atoms. The maximum absolute atomic E-state index is 11.5. The average molecular weight is 482 g/mol. The second-order valence-corrected chi connectivity index (χ2v) is 10.1. The smallest absolute Gasteiger partial charge is 0.229 e. The highest BCUT2D eigenvalue weighted by molar-refractivity contribution is 7.92. The Morgan fingerprint density at radius 1 is 1.03 bits per heavy atom. The SMILES string of the molecule is CCc1nc(-c2cccc(C)n2)c(Oc2ccnc(Nc3cccc(NS(C)(=O)=O)c3)c2)s1. The Morgan fingerprint density at radius 2 is 1.82 bits per heavy atom. The minimum absolute atomic E-state index is 0.460. The molecule has 4 rings (SSSR count). The van der Waals surface area contributed by atoms with Crippen molar-refractivity contribution in [2.75, 3.05) is 16.3 Å². The molecule has 0 spiro atoms. The zero-order valence-electron chi connectivity index (χ0n) is 18.4. The van der Waals surface area contributed by atoms with Crippen molar-refractivity contribution in [1.29, 1.82) is 0 Å². The van der Waals surface area contributed by atoms with Gasteiger partial charge in [0.05, 0.1) is 22.6 Å². The van der Waals surface area contributed by atoms with E-state index < -0.39 is 10.0 Å². The molecule has 0 radical (unpaired) electrons. The van der Waals surface area contributed by atoms with E-state index in [1.165, 1.54) is 11.3 Å². The van der Waals surface area contributed by atoms with E-state index in [1.807, 2.05) is 31.2 Å². The molecule has 0 aliphatic heterocycles. The first-order valence-electron chi connectivity index (χ1n) is 10.2. The van der Waals surface area contributed by atoms with Gasteiger partial charge in [0.15, 0.2) is 0 Å². The summed E-state index contributed by atoms with van der Waals surface area (Å²) in [5.74, 6) is 1.15. The fourth-order valence-corrected chi connectivity index (χ4v) is 4.51. The Labute approximate surface area is 196 Å². The number of rotatable bonds is 8. The molecule has 0 atom stereocenters. The van der Waals surface area contributed by atoms with Crippen LogP contribution in [-0.2, 0) is 16.4 Å². The van der Waals surface area contributed by atoms with E-state index >= 15 is 0 Å². The van der Waals surface area contributed by atoms with Gasteiger partial charge in [-0.15, -0.1) is 0 Å². The van der Waals surface area contributed by atoms with Gasteiger partial charge in [-0.1, -0.05) is 30.4 Å². The predicted molar refractivity (Wildman–Crippen MR) is 132 cm³/mol. The fourth-order valence-electron chi connectivity index (χ4n) is 3.08. The van der Waals surface area contributed by atoms with Crippen LogP contribution in [0, 0.1) is 6.92 Å². The summed E-state index contributed by atoms with van der Waals surface area (Å²) in [7, 11) is -3.36. The summed E-state index contributed by atoms with van der Waals surface area (Å²) < 4.78 is 31.6. The van der Waals surface area contributed by atoms with Gasteiger partial charge in [0, 0.05) is 23.6 Å². The van der Waals surface area contributed by atoms with Crippen LogP contribution in [0.1, 0.15) is 17.6 Å². The van der Waals surface area contributed by atoms with Crippen molar-refractivity contribution in [3.8, 4) is 22.2 Å². The number of anilines is 3. The molecule has 0 amide bonds. The third kappa shape index (κ3) is 6.05. The summed E-state index contributed by atoms with van der Waals surface area (Å²) >= 11 is 1.49. The van der Waals surface area contributed by atoms with Crippen molar-refractivity contribution < 1.29 is 13.2 Å². The number of nitrogens with one attached hydrogen (secondary N) is 2. The number of hydrogen-bond donors (Lipinski definition) is 2. The molecule has 0 fully saturated rings. The largest absolute Gasteiger partial charge is 0.444 e. The molecule has 0 saturated heterocycles. The van der Waals surface area contributed by atoms with Crippen molar-refractivity contribution in [3.05, 3.63) is 71.5 Å². The lowest BCUT2D eigenvalue weighted by molar-refractivity contribution is 0.496. The summed E-state index contributed by atoms with van der Waals surface area (Å²) in [6.07, 6.45) is 3.55. The molecular formula is C23H23N5O3S2. The van der Waals surface area contributed by atoms with E-state index in [1.54, 1.807) is 36.5 Å². The number of benzene rings is 1. The van der Waals surface area contributed by atoms with Crippen LogP contribution in [0.2, 0.25) is 0 Å². The van der Waals surface area contributed by atoms with Crippen LogP contribution in [0.3, 0.4) is 0 Å². The molecule has 170 valence electrons. The van der Waals surface area contributed by atoms with Gasteiger partial charge < -0.3 is 10.1 Å². The van der Waals surface area contributed by atoms with Gasteiger partial charge in [-0.05, 0) is 49.7 Å². The summed E-state index contributed by atoms with van der Waals surface area (Å²) in [6.45, 7) is 4.00. The van der Waals surface area contributed by atoms with Gasteiger partial charge in [0.1, 0.15) is 17.3 Å². The molecule has 0 saturated carbocycles. The minimum Gasteiger partial charge on any atom is -0.444 e. The highest BCUT2D eigenvalue weighted by Crippen LogP contribution is 2.38. The number of sulfonamides is 1. The zero-order chi connectivity index (χ0) is 23.4. The van der Waals surface area contributed by atoms with Crippen LogP contribution >= 0.6 is 11.3 Å². The summed E-state index contributed by atoms with van der Waals surface area (Å²) in [4.78, 5) is 13.6. The average Bonchev–Trinajstić information content (AvgIpc) is 3.16. The normalized spacial score (nSPS) is 11.2. The van der Waals surface area contributed by atoms with E-state index in [2.05, 4.69) is 26.9 Å². The molecule has 0 bridgehead atoms. The lowest BCUT2D eigenvalue weighted by Crippen LogP contribution is -2.09. The lowest BCUT2D eigenvalue weighted by atomic mass is 10.2. The van der Waals surface area contributed by atoms with Crippen molar-refractivity contribution in [2.24, 2.45) is 0 Å². The molecule has 3 heterocycles. The highest BCUT2D eigenvalue weighted by Gasteiger charge is 2.16. The van der Waals surface area contributed by atoms with Gasteiger partial charge in [-0.3, -0.25) is 9.71 Å².